The first-order valence-corrected chi connectivity index (χ1v) is 12.0. The number of hydrogen-bond donors (Lipinski definition) is 0. The van der Waals surface area contributed by atoms with Crippen LogP contribution in [0.3, 0.4) is 0 Å². The Morgan fingerprint density at radius 3 is 1.84 bits per heavy atom. The maximum atomic E-state index is 13.6. The van der Waals surface area contributed by atoms with Crippen LogP contribution in [0.5, 0.6) is 0 Å². The summed E-state index contributed by atoms with van der Waals surface area (Å²) in [6.07, 6.45) is 13.0. The molecule has 0 aliphatic heterocycles. The predicted molar refractivity (Wildman–Crippen MR) is 118 cm³/mol. The van der Waals surface area contributed by atoms with Gasteiger partial charge >= 0.3 is 6.18 Å². The normalized spacial score (nSPS) is 26.7. The second kappa shape index (κ2) is 11.3. The molecule has 0 bridgehead atoms. The molecule has 176 valence electrons. The first-order chi connectivity index (χ1) is 15.3. The number of alkyl halides is 3. The molecule has 0 unspecified atom stereocenters. The fourth-order valence-electron chi connectivity index (χ4n) is 5.29. The van der Waals surface area contributed by atoms with Crippen LogP contribution in [-0.4, -0.2) is 0 Å². The van der Waals surface area contributed by atoms with Crippen molar-refractivity contribution in [3.8, 4) is 11.8 Å². The van der Waals surface area contributed by atoms with Crippen molar-refractivity contribution >= 4 is 0 Å². The van der Waals surface area contributed by atoms with Crippen molar-refractivity contribution in [2.24, 2.45) is 23.7 Å². The van der Waals surface area contributed by atoms with Gasteiger partial charge in [-0.3, -0.25) is 0 Å². The lowest BCUT2D eigenvalue weighted by Gasteiger charge is -2.31. The third-order valence-corrected chi connectivity index (χ3v) is 7.41. The van der Waals surface area contributed by atoms with Crippen molar-refractivity contribution in [3.63, 3.8) is 0 Å². The lowest BCUT2D eigenvalue weighted by molar-refractivity contribution is -0.142. The average Bonchev–Trinajstić information content (AvgIpc) is 2.75. The molecular formula is C27H33F5. The van der Waals surface area contributed by atoms with Crippen LogP contribution in [0.15, 0.2) is 24.3 Å². The molecule has 5 heteroatoms. The molecule has 0 radical (unpaired) electrons. The van der Waals surface area contributed by atoms with E-state index in [-0.39, 0.29) is 5.56 Å². The van der Waals surface area contributed by atoms with E-state index in [0.717, 1.165) is 30.6 Å². The quantitative estimate of drug-likeness (QED) is 0.310. The number of allylic oxidation sites excluding steroid dienone is 2. The van der Waals surface area contributed by atoms with E-state index in [4.69, 9.17) is 0 Å². The monoisotopic (exact) mass is 452 g/mol. The fourth-order valence-corrected chi connectivity index (χ4v) is 5.29. The highest BCUT2D eigenvalue weighted by molar-refractivity contribution is 5.40. The average molecular weight is 453 g/mol. The minimum Gasteiger partial charge on any atom is -0.206 e. The van der Waals surface area contributed by atoms with Gasteiger partial charge in [0.15, 0.2) is 0 Å². The first kappa shape index (κ1) is 24.8. The highest BCUT2D eigenvalue weighted by Gasteiger charge is 2.37. The molecule has 0 atom stereocenters. The minimum atomic E-state index is -5.06. The van der Waals surface area contributed by atoms with Crippen LogP contribution in [0.1, 0.15) is 88.7 Å². The van der Waals surface area contributed by atoms with Crippen LogP contribution in [0.25, 0.3) is 0 Å². The number of halogens is 5. The summed E-state index contributed by atoms with van der Waals surface area (Å²) in [7, 11) is 0. The molecule has 0 nitrogen and oxygen atoms in total. The Hall–Kier alpha value is -1.83. The van der Waals surface area contributed by atoms with E-state index in [1.165, 1.54) is 57.8 Å². The topological polar surface area (TPSA) is 0 Å². The predicted octanol–water partition coefficient (Wildman–Crippen LogP) is 8.69. The molecule has 0 heterocycles. The second-order valence-electron chi connectivity index (χ2n) is 9.59. The van der Waals surface area contributed by atoms with Gasteiger partial charge in [0.25, 0.3) is 0 Å². The van der Waals surface area contributed by atoms with Gasteiger partial charge in [-0.25, -0.2) is 8.78 Å². The van der Waals surface area contributed by atoms with Gasteiger partial charge < -0.3 is 0 Å². The Morgan fingerprint density at radius 2 is 1.34 bits per heavy atom. The van der Waals surface area contributed by atoms with E-state index in [1.807, 2.05) is 6.08 Å². The van der Waals surface area contributed by atoms with E-state index in [2.05, 4.69) is 18.8 Å². The van der Waals surface area contributed by atoms with Crippen molar-refractivity contribution in [3.05, 3.63) is 47.0 Å². The minimum absolute atomic E-state index is 0.102. The van der Waals surface area contributed by atoms with E-state index in [9.17, 15) is 22.0 Å². The van der Waals surface area contributed by atoms with Crippen LogP contribution < -0.4 is 0 Å². The third kappa shape index (κ3) is 7.09. The number of benzene rings is 1. The fraction of sp³-hybridized carbons (Fsp3) is 0.630. The van der Waals surface area contributed by atoms with Gasteiger partial charge in [-0.05, 0) is 67.6 Å². The van der Waals surface area contributed by atoms with Crippen molar-refractivity contribution in [2.45, 2.75) is 83.7 Å². The molecule has 0 saturated heterocycles. The summed E-state index contributed by atoms with van der Waals surface area (Å²) in [5, 5.41) is 0. The Kier molecular flexibility index (Phi) is 8.79. The summed E-state index contributed by atoms with van der Waals surface area (Å²) in [6, 6.07) is 1.26. The summed E-state index contributed by atoms with van der Waals surface area (Å²) in [5.41, 5.74) is -1.97. The maximum absolute atomic E-state index is 13.6. The van der Waals surface area contributed by atoms with E-state index in [1.54, 1.807) is 6.08 Å². The zero-order valence-corrected chi connectivity index (χ0v) is 18.8. The smallest absolute Gasteiger partial charge is 0.206 e. The number of hydrogen-bond acceptors (Lipinski definition) is 0. The van der Waals surface area contributed by atoms with E-state index in [0.29, 0.717) is 18.1 Å². The molecule has 2 fully saturated rings. The molecule has 0 amide bonds. The molecule has 1 aromatic carbocycles. The van der Waals surface area contributed by atoms with Gasteiger partial charge in [-0.15, -0.1) is 0 Å². The summed E-state index contributed by atoms with van der Waals surface area (Å²) >= 11 is 0. The van der Waals surface area contributed by atoms with Crippen molar-refractivity contribution in [1.82, 2.24) is 0 Å². The summed E-state index contributed by atoms with van der Waals surface area (Å²) in [4.78, 5) is 0. The lowest BCUT2D eigenvalue weighted by atomic mass is 9.75. The molecule has 32 heavy (non-hydrogen) atoms. The van der Waals surface area contributed by atoms with Crippen LogP contribution in [-0.2, 0) is 6.18 Å². The standard InChI is InChI=1S/C27H33F5/c1-2-19-7-9-21(10-8-19)15-16-22-13-11-20(12-14-22)5-3-4-6-23-17-24(28)26(25(29)18-23)27(30,31)32/h3,5,17-22H,2,7-16H2,1H3/t19-,20-,21-,22-. The van der Waals surface area contributed by atoms with Crippen molar-refractivity contribution < 1.29 is 22.0 Å². The maximum Gasteiger partial charge on any atom is 0.422 e. The summed E-state index contributed by atoms with van der Waals surface area (Å²) in [6.45, 7) is 2.30. The van der Waals surface area contributed by atoms with E-state index < -0.39 is 23.4 Å². The molecule has 0 aromatic heterocycles. The highest BCUT2D eigenvalue weighted by Crippen LogP contribution is 2.37. The van der Waals surface area contributed by atoms with Gasteiger partial charge in [-0.1, -0.05) is 69.8 Å². The Balaban J connectivity index is 1.42. The molecule has 1 aromatic rings. The second-order valence-corrected chi connectivity index (χ2v) is 9.59. The lowest BCUT2D eigenvalue weighted by Crippen LogP contribution is -2.17. The van der Waals surface area contributed by atoms with Crippen molar-refractivity contribution in [1.29, 1.82) is 0 Å². The van der Waals surface area contributed by atoms with Gasteiger partial charge in [0, 0.05) is 5.56 Å². The molecule has 3 rings (SSSR count). The SMILES string of the molecule is CC[C@H]1CC[C@H](CC[C@H]2CC[C@H](C=CC#Cc3cc(F)c(C(F)(F)F)c(F)c3)CC2)CC1. The molecule has 2 aliphatic carbocycles. The number of rotatable bonds is 5. The molecular weight excluding hydrogens is 419 g/mol. The Morgan fingerprint density at radius 1 is 0.844 bits per heavy atom. The molecule has 0 spiro atoms. The van der Waals surface area contributed by atoms with Gasteiger partial charge in [0.1, 0.15) is 17.2 Å². The summed E-state index contributed by atoms with van der Waals surface area (Å²) in [5.74, 6) is 5.10. The third-order valence-electron chi connectivity index (χ3n) is 7.41. The zero-order chi connectivity index (χ0) is 23.1. The first-order valence-electron chi connectivity index (χ1n) is 12.0. The van der Waals surface area contributed by atoms with Gasteiger partial charge in [0.2, 0.25) is 0 Å². The molecule has 0 N–H and O–H groups in total. The summed E-state index contributed by atoms with van der Waals surface area (Å²) < 4.78 is 65.1. The Labute approximate surface area is 188 Å². The highest BCUT2D eigenvalue weighted by atomic mass is 19.4. The molecule has 2 saturated carbocycles. The Bertz CT molecular complexity index is 803. The molecule has 2 aliphatic rings. The van der Waals surface area contributed by atoms with Crippen molar-refractivity contribution in [2.75, 3.05) is 0 Å². The van der Waals surface area contributed by atoms with Gasteiger partial charge in [0.05, 0.1) is 0 Å². The van der Waals surface area contributed by atoms with Crippen LogP contribution in [0.2, 0.25) is 0 Å². The van der Waals surface area contributed by atoms with Crippen LogP contribution in [0, 0.1) is 47.1 Å². The largest absolute Gasteiger partial charge is 0.422 e. The zero-order valence-electron chi connectivity index (χ0n) is 18.8. The van der Waals surface area contributed by atoms with Crippen LogP contribution in [0.4, 0.5) is 22.0 Å². The van der Waals surface area contributed by atoms with Crippen LogP contribution >= 0.6 is 0 Å². The van der Waals surface area contributed by atoms with Gasteiger partial charge in [-0.2, -0.15) is 13.2 Å². The van der Waals surface area contributed by atoms with E-state index >= 15 is 0 Å².